The third kappa shape index (κ3) is 3.41. The van der Waals surface area contributed by atoms with Crippen molar-refractivity contribution in [3.63, 3.8) is 0 Å². The number of likely N-dealkylation sites (tertiary alicyclic amines) is 1. The van der Waals surface area contributed by atoms with Crippen LogP contribution in [0, 0.1) is 11.8 Å². The molecule has 2 aliphatic rings. The number of aromatic nitrogens is 2. The average Bonchev–Trinajstić information content (AvgIpc) is 3.20. The maximum Gasteiger partial charge on any atom is 0.257 e. The summed E-state index contributed by atoms with van der Waals surface area (Å²) in [5, 5.41) is 8.84. The zero-order valence-corrected chi connectivity index (χ0v) is 15.3. The van der Waals surface area contributed by atoms with Gasteiger partial charge in [0.1, 0.15) is 0 Å². The lowest BCUT2D eigenvalue weighted by Crippen LogP contribution is -2.32. The van der Waals surface area contributed by atoms with Crippen LogP contribution in [-0.4, -0.2) is 46.8 Å². The number of benzene rings is 1. The summed E-state index contributed by atoms with van der Waals surface area (Å²) < 4.78 is 1.63. The Morgan fingerprint density at radius 3 is 2.56 bits per heavy atom. The molecule has 3 heterocycles. The van der Waals surface area contributed by atoms with Crippen LogP contribution in [0.15, 0.2) is 30.6 Å². The zero-order chi connectivity index (χ0) is 17.4. The van der Waals surface area contributed by atoms with Crippen molar-refractivity contribution in [1.82, 2.24) is 20.0 Å². The first-order valence-electron chi connectivity index (χ1n) is 8.62. The molecule has 4 rings (SSSR count). The van der Waals surface area contributed by atoms with Crippen LogP contribution in [0.3, 0.4) is 0 Å². The van der Waals surface area contributed by atoms with Gasteiger partial charge in [-0.3, -0.25) is 4.79 Å². The van der Waals surface area contributed by atoms with E-state index in [-0.39, 0.29) is 5.91 Å². The first kappa shape index (κ1) is 16.9. The Morgan fingerprint density at radius 1 is 1.16 bits per heavy atom. The summed E-state index contributed by atoms with van der Waals surface area (Å²) in [7, 11) is 0. The molecule has 0 bridgehead atoms. The monoisotopic (exact) mass is 378 g/mol. The number of nitrogens with one attached hydrogen (secondary N) is 1. The first-order valence-corrected chi connectivity index (χ1v) is 9.37. The lowest BCUT2D eigenvalue weighted by atomic mass is 9.92. The van der Waals surface area contributed by atoms with E-state index in [9.17, 15) is 4.79 Å². The van der Waals surface area contributed by atoms with Gasteiger partial charge in [0, 0.05) is 24.3 Å². The number of fused-ring (bicyclic) bond motifs is 1. The fraction of sp³-hybridized carbons (Fsp3) is 0.444. The highest BCUT2D eigenvalue weighted by molar-refractivity contribution is 6.35. The highest BCUT2D eigenvalue weighted by Crippen LogP contribution is 2.28. The number of carbonyl (C=O) groups is 1. The van der Waals surface area contributed by atoms with Crippen molar-refractivity contribution in [2.24, 2.45) is 11.8 Å². The lowest BCUT2D eigenvalue weighted by molar-refractivity contribution is 0.0758. The second-order valence-electron chi connectivity index (χ2n) is 6.82. The van der Waals surface area contributed by atoms with Gasteiger partial charge in [0.2, 0.25) is 0 Å². The third-order valence-electron chi connectivity index (χ3n) is 5.29. The molecule has 0 saturated carbocycles. The van der Waals surface area contributed by atoms with Crippen molar-refractivity contribution in [2.75, 3.05) is 26.2 Å². The van der Waals surface area contributed by atoms with Gasteiger partial charge in [-0.25, -0.2) is 4.68 Å². The molecule has 7 heteroatoms. The molecule has 2 fully saturated rings. The lowest BCUT2D eigenvalue weighted by Gasteiger charge is -2.20. The number of hydrogen-bond acceptors (Lipinski definition) is 3. The van der Waals surface area contributed by atoms with Crippen LogP contribution in [-0.2, 0) is 0 Å². The second-order valence-corrected chi connectivity index (χ2v) is 7.66. The summed E-state index contributed by atoms with van der Waals surface area (Å²) in [6.45, 7) is 3.79. The Kier molecular flexibility index (Phi) is 4.71. The number of hydrogen-bond donors (Lipinski definition) is 1. The Hall–Kier alpha value is -1.56. The molecular formula is C18H20Cl2N4O. The summed E-state index contributed by atoms with van der Waals surface area (Å²) in [4.78, 5) is 14.8. The van der Waals surface area contributed by atoms with E-state index in [1.807, 2.05) is 4.90 Å². The number of carbonyl (C=O) groups excluding carboxylic acids is 1. The van der Waals surface area contributed by atoms with Crippen LogP contribution in [0.1, 0.15) is 23.2 Å². The van der Waals surface area contributed by atoms with E-state index >= 15 is 0 Å². The largest absolute Gasteiger partial charge is 0.339 e. The molecule has 0 unspecified atom stereocenters. The summed E-state index contributed by atoms with van der Waals surface area (Å²) in [6, 6.07) is 5.23. The fourth-order valence-corrected chi connectivity index (χ4v) is 4.33. The molecule has 1 N–H and O–H groups in total. The van der Waals surface area contributed by atoms with E-state index in [2.05, 4.69) is 10.4 Å². The average molecular weight is 379 g/mol. The smallest absolute Gasteiger partial charge is 0.257 e. The summed E-state index contributed by atoms with van der Waals surface area (Å²) in [5.41, 5.74) is 1.30. The van der Waals surface area contributed by atoms with Crippen molar-refractivity contribution >= 4 is 29.1 Å². The Morgan fingerprint density at radius 2 is 1.88 bits per heavy atom. The predicted octanol–water partition coefficient (Wildman–Crippen LogP) is 3.25. The number of rotatable bonds is 2. The first-order chi connectivity index (χ1) is 12.1. The van der Waals surface area contributed by atoms with Gasteiger partial charge in [-0.2, -0.15) is 5.10 Å². The number of halogens is 2. The molecular weight excluding hydrogens is 359 g/mol. The third-order valence-corrected chi connectivity index (χ3v) is 5.83. The Balaban J connectivity index is 1.50. The van der Waals surface area contributed by atoms with Gasteiger partial charge in [-0.15, -0.1) is 0 Å². The molecule has 5 nitrogen and oxygen atoms in total. The minimum atomic E-state index is 0.0456. The topological polar surface area (TPSA) is 50.2 Å². The van der Waals surface area contributed by atoms with E-state index < -0.39 is 0 Å². The van der Waals surface area contributed by atoms with Crippen LogP contribution >= 0.6 is 23.2 Å². The molecule has 0 spiro atoms. The van der Waals surface area contributed by atoms with Crippen molar-refractivity contribution in [3.8, 4) is 5.69 Å². The zero-order valence-electron chi connectivity index (χ0n) is 13.8. The van der Waals surface area contributed by atoms with Gasteiger partial charge in [0.15, 0.2) is 0 Å². The standard InChI is InChI=1S/C18H20Cl2N4O/c19-15-1-2-17(16(20)7-15)24-11-14(10-22-24)18(25)23-5-3-12-8-21-9-13(12)4-6-23/h1-2,7,10-13,21H,3-6,8-9H2/t12-,13+. The molecule has 2 aliphatic heterocycles. The number of amides is 1. The number of nitrogens with zero attached hydrogens (tertiary/aromatic N) is 3. The molecule has 2 saturated heterocycles. The van der Waals surface area contributed by atoms with E-state index in [0.717, 1.165) is 39.0 Å². The van der Waals surface area contributed by atoms with Crippen LogP contribution in [0.5, 0.6) is 0 Å². The van der Waals surface area contributed by atoms with Crippen molar-refractivity contribution in [3.05, 3.63) is 46.2 Å². The quantitative estimate of drug-likeness (QED) is 0.872. The Bertz CT molecular complexity index is 777. The molecule has 2 atom stereocenters. The summed E-state index contributed by atoms with van der Waals surface area (Å²) in [6.07, 6.45) is 5.49. The van der Waals surface area contributed by atoms with Crippen LogP contribution in [0.25, 0.3) is 5.69 Å². The highest BCUT2D eigenvalue weighted by Gasteiger charge is 2.31. The van der Waals surface area contributed by atoms with Gasteiger partial charge in [-0.05, 0) is 56.0 Å². The van der Waals surface area contributed by atoms with E-state index in [1.54, 1.807) is 35.3 Å². The van der Waals surface area contributed by atoms with Crippen LogP contribution in [0.2, 0.25) is 10.0 Å². The van der Waals surface area contributed by atoms with Crippen molar-refractivity contribution in [2.45, 2.75) is 12.8 Å². The molecule has 2 aromatic rings. The van der Waals surface area contributed by atoms with Gasteiger partial charge in [0.25, 0.3) is 5.91 Å². The molecule has 1 amide bonds. The van der Waals surface area contributed by atoms with E-state index in [4.69, 9.17) is 23.2 Å². The van der Waals surface area contributed by atoms with Gasteiger partial charge >= 0.3 is 0 Å². The Labute approximate surface area is 156 Å². The maximum absolute atomic E-state index is 12.9. The molecule has 1 aromatic carbocycles. The molecule has 25 heavy (non-hydrogen) atoms. The minimum absolute atomic E-state index is 0.0456. The van der Waals surface area contributed by atoms with Gasteiger partial charge in [-0.1, -0.05) is 23.2 Å². The van der Waals surface area contributed by atoms with E-state index in [1.165, 1.54) is 0 Å². The fourth-order valence-electron chi connectivity index (χ4n) is 3.84. The van der Waals surface area contributed by atoms with E-state index in [0.29, 0.717) is 33.1 Å². The minimum Gasteiger partial charge on any atom is -0.339 e. The van der Waals surface area contributed by atoms with Crippen LogP contribution < -0.4 is 5.32 Å². The highest BCUT2D eigenvalue weighted by atomic mass is 35.5. The normalized spacial score (nSPS) is 23.4. The molecule has 0 radical (unpaired) electrons. The predicted molar refractivity (Wildman–Crippen MR) is 98.6 cm³/mol. The summed E-state index contributed by atoms with van der Waals surface area (Å²) >= 11 is 12.2. The second kappa shape index (κ2) is 6.98. The van der Waals surface area contributed by atoms with Gasteiger partial charge in [0.05, 0.1) is 22.5 Å². The molecule has 132 valence electrons. The van der Waals surface area contributed by atoms with Crippen molar-refractivity contribution < 1.29 is 4.79 Å². The molecule has 0 aliphatic carbocycles. The van der Waals surface area contributed by atoms with Gasteiger partial charge < -0.3 is 10.2 Å². The molecule has 1 aromatic heterocycles. The SMILES string of the molecule is O=C(c1cnn(-c2ccc(Cl)cc2Cl)c1)N1CC[C@@H]2CNC[C@@H]2CC1. The van der Waals surface area contributed by atoms with Crippen molar-refractivity contribution in [1.29, 1.82) is 0 Å². The van der Waals surface area contributed by atoms with Crippen LogP contribution in [0.4, 0.5) is 0 Å². The summed E-state index contributed by atoms with van der Waals surface area (Å²) in [5.74, 6) is 1.45. The maximum atomic E-state index is 12.9.